The average Bonchev–Trinajstić information content (AvgIpc) is 3.20. The number of fused-ring (bicyclic) bond motifs is 1. The minimum absolute atomic E-state index is 0.680. The molecular formula is C14H14Br2N2. The Bertz CT molecular complexity index is 567. The summed E-state index contributed by atoms with van der Waals surface area (Å²) in [7, 11) is 0. The number of benzene rings is 1. The van der Waals surface area contributed by atoms with Gasteiger partial charge in [0, 0.05) is 39.4 Å². The van der Waals surface area contributed by atoms with Crippen molar-refractivity contribution >= 4 is 48.5 Å². The van der Waals surface area contributed by atoms with Gasteiger partial charge in [-0.25, -0.2) is 4.98 Å². The molecule has 0 bridgehead atoms. The number of halogens is 2. The number of hydrogen-bond acceptors (Lipinski definition) is 2. The molecule has 4 heteroatoms. The van der Waals surface area contributed by atoms with Crippen LogP contribution in [0.2, 0.25) is 0 Å². The van der Waals surface area contributed by atoms with Gasteiger partial charge in [0.2, 0.25) is 0 Å². The van der Waals surface area contributed by atoms with Crippen molar-refractivity contribution in [2.75, 3.05) is 16.8 Å². The second-order valence-electron chi connectivity index (χ2n) is 4.58. The summed E-state index contributed by atoms with van der Waals surface area (Å²) in [6.45, 7) is 1.02. The highest BCUT2D eigenvalue weighted by molar-refractivity contribution is 9.10. The van der Waals surface area contributed by atoms with Gasteiger partial charge in [0.15, 0.2) is 0 Å². The van der Waals surface area contributed by atoms with E-state index in [1.165, 1.54) is 23.6 Å². The van der Waals surface area contributed by atoms with E-state index in [-0.39, 0.29) is 0 Å². The SMILES string of the molecule is BrCCN(c1nccc2c(Br)cccc12)C1CC1. The van der Waals surface area contributed by atoms with E-state index in [1.807, 2.05) is 6.20 Å². The fourth-order valence-electron chi connectivity index (χ4n) is 2.32. The number of hydrogen-bond donors (Lipinski definition) is 0. The van der Waals surface area contributed by atoms with Crippen LogP contribution in [-0.2, 0) is 0 Å². The van der Waals surface area contributed by atoms with Gasteiger partial charge in [-0.3, -0.25) is 0 Å². The van der Waals surface area contributed by atoms with Gasteiger partial charge in [-0.1, -0.05) is 44.0 Å². The van der Waals surface area contributed by atoms with Crippen LogP contribution < -0.4 is 4.90 Å². The van der Waals surface area contributed by atoms with Crippen molar-refractivity contribution < 1.29 is 0 Å². The van der Waals surface area contributed by atoms with Crippen molar-refractivity contribution in [3.8, 4) is 0 Å². The Morgan fingerprint density at radius 2 is 2.06 bits per heavy atom. The number of alkyl halides is 1. The Kier molecular flexibility index (Phi) is 3.57. The Morgan fingerprint density at radius 3 is 2.78 bits per heavy atom. The van der Waals surface area contributed by atoms with Crippen LogP contribution in [0.25, 0.3) is 10.8 Å². The summed E-state index contributed by atoms with van der Waals surface area (Å²) in [5, 5.41) is 3.46. The molecule has 2 nitrogen and oxygen atoms in total. The first-order valence-electron chi connectivity index (χ1n) is 6.17. The van der Waals surface area contributed by atoms with E-state index in [9.17, 15) is 0 Å². The summed E-state index contributed by atoms with van der Waals surface area (Å²) in [6, 6.07) is 9.07. The second-order valence-corrected chi connectivity index (χ2v) is 6.23. The highest BCUT2D eigenvalue weighted by Crippen LogP contribution is 2.35. The maximum atomic E-state index is 4.61. The second kappa shape index (κ2) is 5.17. The number of rotatable bonds is 4. The zero-order valence-corrected chi connectivity index (χ0v) is 13.1. The molecule has 2 aromatic rings. The zero-order valence-electron chi connectivity index (χ0n) is 9.94. The largest absolute Gasteiger partial charge is 0.352 e. The zero-order chi connectivity index (χ0) is 12.5. The predicted molar refractivity (Wildman–Crippen MR) is 83.6 cm³/mol. The fourth-order valence-corrected chi connectivity index (χ4v) is 3.20. The lowest BCUT2D eigenvalue weighted by Gasteiger charge is -2.24. The molecule has 0 atom stereocenters. The molecule has 0 N–H and O–H groups in total. The molecule has 0 saturated heterocycles. The van der Waals surface area contributed by atoms with Crippen molar-refractivity contribution in [3.05, 3.63) is 34.9 Å². The first kappa shape index (κ1) is 12.4. The van der Waals surface area contributed by atoms with Gasteiger partial charge < -0.3 is 4.90 Å². The van der Waals surface area contributed by atoms with Crippen molar-refractivity contribution in [1.82, 2.24) is 4.98 Å². The summed E-state index contributed by atoms with van der Waals surface area (Å²) in [5.74, 6) is 1.12. The topological polar surface area (TPSA) is 16.1 Å². The van der Waals surface area contributed by atoms with Crippen LogP contribution in [-0.4, -0.2) is 22.9 Å². The molecule has 0 radical (unpaired) electrons. The van der Waals surface area contributed by atoms with Gasteiger partial charge in [0.05, 0.1) is 0 Å². The summed E-state index contributed by atoms with van der Waals surface area (Å²) >= 11 is 7.16. The van der Waals surface area contributed by atoms with Crippen molar-refractivity contribution in [2.24, 2.45) is 0 Å². The van der Waals surface area contributed by atoms with Gasteiger partial charge in [0.1, 0.15) is 5.82 Å². The predicted octanol–water partition coefficient (Wildman–Crippen LogP) is 4.36. The fraction of sp³-hybridized carbons (Fsp3) is 0.357. The molecule has 18 heavy (non-hydrogen) atoms. The van der Waals surface area contributed by atoms with Gasteiger partial charge in [-0.15, -0.1) is 0 Å². The van der Waals surface area contributed by atoms with Crippen molar-refractivity contribution in [3.63, 3.8) is 0 Å². The van der Waals surface area contributed by atoms with Gasteiger partial charge in [-0.2, -0.15) is 0 Å². The molecule has 1 heterocycles. The van der Waals surface area contributed by atoms with Crippen LogP contribution >= 0.6 is 31.9 Å². The summed E-state index contributed by atoms with van der Waals surface area (Å²) in [4.78, 5) is 7.05. The molecule has 1 fully saturated rings. The molecule has 0 aliphatic heterocycles. The summed E-state index contributed by atoms with van der Waals surface area (Å²) < 4.78 is 1.14. The smallest absolute Gasteiger partial charge is 0.136 e. The molecule has 1 aliphatic rings. The summed E-state index contributed by atoms with van der Waals surface area (Å²) in [6.07, 6.45) is 4.49. The third-order valence-electron chi connectivity index (χ3n) is 3.32. The molecule has 1 aliphatic carbocycles. The van der Waals surface area contributed by atoms with E-state index in [0.29, 0.717) is 6.04 Å². The lowest BCUT2D eigenvalue weighted by Crippen LogP contribution is -2.28. The van der Waals surface area contributed by atoms with Crippen LogP contribution in [0.15, 0.2) is 34.9 Å². The van der Waals surface area contributed by atoms with Crippen LogP contribution in [0.1, 0.15) is 12.8 Å². The first-order valence-corrected chi connectivity index (χ1v) is 8.08. The lowest BCUT2D eigenvalue weighted by molar-refractivity contribution is 0.821. The first-order chi connectivity index (χ1) is 8.81. The van der Waals surface area contributed by atoms with Crippen LogP contribution in [0.5, 0.6) is 0 Å². The minimum atomic E-state index is 0.680. The molecule has 1 saturated carbocycles. The number of nitrogens with zero attached hydrogens (tertiary/aromatic N) is 2. The average molecular weight is 370 g/mol. The maximum Gasteiger partial charge on any atom is 0.136 e. The molecule has 0 unspecified atom stereocenters. The highest BCUT2D eigenvalue weighted by Gasteiger charge is 2.30. The van der Waals surface area contributed by atoms with E-state index in [2.05, 4.69) is 66.0 Å². The van der Waals surface area contributed by atoms with Crippen LogP contribution in [0.3, 0.4) is 0 Å². The number of aromatic nitrogens is 1. The molecule has 94 valence electrons. The highest BCUT2D eigenvalue weighted by atomic mass is 79.9. The Labute approximate surface area is 124 Å². The van der Waals surface area contributed by atoms with E-state index in [1.54, 1.807) is 0 Å². The third kappa shape index (κ3) is 2.28. The van der Waals surface area contributed by atoms with Gasteiger partial charge in [0.25, 0.3) is 0 Å². The lowest BCUT2D eigenvalue weighted by atomic mass is 10.1. The molecule has 0 spiro atoms. The summed E-state index contributed by atoms with van der Waals surface area (Å²) in [5.41, 5.74) is 0. The molecule has 0 amide bonds. The molecular weight excluding hydrogens is 356 g/mol. The number of anilines is 1. The maximum absolute atomic E-state index is 4.61. The Hall–Kier alpha value is -0.610. The Balaban J connectivity index is 2.12. The quantitative estimate of drug-likeness (QED) is 0.744. The van der Waals surface area contributed by atoms with Crippen LogP contribution in [0.4, 0.5) is 5.82 Å². The third-order valence-corrected chi connectivity index (χ3v) is 4.36. The molecule has 1 aromatic carbocycles. The van der Waals surface area contributed by atoms with Crippen molar-refractivity contribution in [2.45, 2.75) is 18.9 Å². The monoisotopic (exact) mass is 368 g/mol. The van der Waals surface area contributed by atoms with E-state index in [4.69, 9.17) is 0 Å². The molecule has 3 rings (SSSR count). The number of pyridine rings is 1. The van der Waals surface area contributed by atoms with E-state index >= 15 is 0 Å². The van der Waals surface area contributed by atoms with Gasteiger partial charge >= 0.3 is 0 Å². The van der Waals surface area contributed by atoms with E-state index in [0.717, 1.165) is 22.2 Å². The van der Waals surface area contributed by atoms with Crippen molar-refractivity contribution in [1.29, 1.82) is 0 Å². The minimum Gasteiger partial charge on any atom is -0.352 e. The Morgan fingerprint density at radius 1 is 1.22 bits per heavy atom. The van der Waals surface area contributed by atoms with Crippen LogP contribution in [0, 0.1) is 0 Å². The van der Waals surface area contributed by atoms with E-state index < -0.39 is 0 Å². The standard InChI is InChI=1S/C14H14Br2N2/c15-7-9-18(10-4-5-10)14-12-2-1-3-13(16)11(12)6-8-17-14/h1-3,6,8,10H,4-5,7,9H2. The molecule has 1 aromatic heterocycles. The normalized spacial score (nSPS) is 15.0. The van der Waals surface area contributed by atoms with Gasteiger partial charge in [-0.05, 0) is 25.0 Å².